The summed E-state index contributed by atoms with van der Waals surface area (Å²) >= 11 is 0. The quantitative estimate of drug-likeness (QED) is 0.628. The molecule has 4 rings (SSSR count). The Labute approximate surface area is 179 Å². The van der Waals surface area contributed by atoms with Gasteiger partial charge in [-0.1, -0.05) is 91.0 Å². The number of hydrogen-bond acceptors (Lipinski definition) is 2. The second-order valence-electron chi connectivity index (χ2n) is 7.87. The molecule has 0 saturated carbocycles. The summed E-state index contributed by atoms with van der Waals surface area (Å²) in [4.78, 5) is 15.2. The summed E-state index contributed by atoms with van der Waals surface area (Å²) in [5, 5.41) is 3.68. The van der Waals surface area contributed by atoms with Gasteiger partial charge in [-0.2, -0.15) is 0 Å². The molecule has 0 bridgehead atoms. The first kappa shape index (κ1) is 20.1. The predicted octanol–water partition coefficient (Wildman–Crippen LogP) is 4.35. The number of rotatable bonds is 6. The van der Waals surface area contributed by atoms with Crippen molar-refractivity contribution in [3.63, 3.8) is 0 Å². The summed E-state index contributed by atoms with van der Waals surface area (Å²) in [7, 11) is 0. The standard InChI is InChI=1S/C27H28N2O/c30-27(17-16-22-10-4-1-5-11-22)29-21-25(18-23-12-6-2-7-13-23)28-20-26(29)19-24-14-8-3-9-15-24/h1-17,25-26,28H,18-21H2/b17-16+/t25-,26-/m0/s1. The molecule has 2 atom stereocenters. The van der Waals surface area contributed by atoms with Crippen molar-refractivity contribution in [3.05, 3.63) is 114 Å². The molecule has 0 spiro atoms. The number of benzene rings is 3. The summed E-state index contributed by atoms with van der Waals surface area (Å²) in [6.07, 6.45) is 5.41. The van der Waals surface area contributed by atoms with E-state index in [0.717, 1.165) is 24.9 Å². The summed E-state index contributed by atoms with van der Waals surface area (Å²) in [6.45, 7) is 1.52. The highest BCUT2D eigenvalue weighted by molar-refractivity contribution is 5.92. The Morgan fingerprint density at radius 2 is 1.40 bits per heavy atom. The number of nitrogens with zero attached hydrogens (tertiary/aromatic N) is 1. The first-order valence-electron chi connectivity index (χ1n) is 10.6. The van der Waals surface area contributed by atoms with Gasteiger partial charge in [-0.05, 0) is 35.6 Å². The fourth-order valence-corrected chi connectivity index (χ4v) is 4.07. The molecule has 152 valence electrons. The molecule has 0 unspecified atom stereocenters. The molecule has 1 saturated heterocycles. The monoisotopic (exact) mass is 396 g/mol. The first-order chi connectivity index (χ1) is 14.8. The third-order valence-electron chi connectivity index (χ3n) is 5.64. The molecular weight excluding hydrogens is 368 g/mol. The van der Waals surface area contributed by atoms with Gasteiger partial charge in [-0.25, -0.2) is 0 Å². The van der Waals surface area contributed by atoms with Gasteiger partial charge in [0.1, 0.15) is 0 Å². The lowest BCUT2D eigenvalue weighted by molar-refractivity contribution is -0.129. The molecule has 0 radical (unpaired) electrons. The minimum atomic E-state index is 0.0827. The van der Waals surface area contributed by atoms with Gasteiger partial charge in [0.2, 0.25) is 5.91 Å². The Morgan fingerprint density at radius 3 is 2.03 bits per heavy atom. The Bertz CT molecular complexity index is 954. The van der Waals surface area contributed by atoms with E-state index < -0.39 is 0 Å². The molecule has 1 heterocycles. The van der Waals surface area contributed by atoms with Crippen molar-refractivity contribution in [1.29, 1.82) is 0 Å². The summed E-state index contributed by atoms with van der Waals surface area (Å²) in [6, 6.07) is 31.3. The van der Waals surface area contributed by atoms with Crippen molar-refractivity contribution in [1.82, 2.24) is 10.2 Å². The van der Waals surface area contributed by atoms with E-state index in [1.807, 2.05) is 48.5 Å². The maximum absolute atomic E-state index is 13.2. The van der Waals surface area contributed by atoms with Crippen molar-refractivity contribution in [3.8, 4) is 0 Å². The Hall–Kier alpha value is -3.17. The van der Waals surface area contributed by atoms with E-state index in [-0.39, 0.29) is 18.0 Å². The summed E-state index contributed by atoms with van der Waals surface area (Å²) < 4.78 is 0. The van der Waals surface area contributed by atoms with Gasteiger partial charge in [0, 0.05) is 31.2 Å². The summed E-state index contributed by atoms with van der Waals surface area (Å²) in [5.41, 5.74) is 3.60. The zero-order valence-electron chi connectivity index (χ0n) is 17.2. The summed E-state index contributed by atoms with van der Waals surface area (Å²) in [5.74, 6) is 0.0827. The molecule has 1 amide bonds. The fourth-order valence-electron chi connectivity index (χ4n) is 4.07. The largest absolute Gasteiger partial charge is 0.333 e. The van der Waals surface area contributed by atoms with Crippen LogP contribution in [0.5, 0.6) is 0 Å². The molecule has 30 heavy (non-hydrogen) atoms. The second-order valence-corrected chi connectivity index (χ2v) is 7.87. The Morgan fingerprint density at radius 1 is 0.833 bits per heavy atom. The van der Waals surface area contributed by atoms with Crippen LogP contribution < -0.4 is 5.32 Å². The van der Waals surface area contributed by atoms with Crippen LogP contribution in [-0.2, 0) is 17.6 Å². The highest BCUT2D eigenvalue weighted by Gasteiger charge is 2.30. The zero-order chi connectivity index (χ0) is 20.6. The van der Waals surface area contributed by atoms with Crippen LogP contribution >= 0.6 is 0 Å². The SMILES string of the molecule is O=C(/C=C/c1ccccc1)N1C[C@H](Cc2ccccc2)NC[C@@H]1Cc1ccccc1. The van der Waals surface area contributed by atoms with Gasteiger partial charge in [0.05, 0.1) is 0 Å². The van der Waals surface area contributed by atoms with Crippen LogP contribution in [0, 0.1) is 0 Å². The van der Waals surface area contributed by atoms with Gasteiger partial charge in [0.15, 0.2) is 0 Å². The number of hydrogen-bond donors (Lipinski definition) is 1. The Balaban J connectivity index is 1.49. The lowest BCUT2D eigenvalue weighted by atomic mass is 9.97. The molecule has 1 aliphatic rings. The van der Waals surface area contributed by atoms with Gasteiger partial charge in [-0.15, -0.1) is 0 Å². The van der Waals surface area contributed by atoms with E-state index in [4.69, 9.17) is 0 Å². The topological polar surface area (TPSA) is 32.3 Å². The number of carbonyl (C=O) groups excluding carboxylic acids is 1. The minimum absolute atomic E-state index is 0.0827. The molecule has 1 N–H and O–H groups in total. The van der Waals surface area contributed by atoms with Crippen LogP contribution in [0.25, 0.3) is 6.08 Å². The number of amides is 1. The minimum Gasteiger partial charge on any atom is -0.333 e. The van der Waals surface area contributed by atoms with Crippen molar-refractivity contribution in [2.45, 2.75) is 24.9 Å². The number of carbonyl (C=O) groups is 1. The predicted molar refractivity (Wildman–Crippen MR) is 123 cm³/mol. The lowest BCUT2D eigenvalue weighted by Gasteiger charge is -2.40. The highest BCUT2D eigenvalue weighted by atomic mass is 16.2. The highest BCUT2D eigenvalue weighted by Crippen LogP contribution is 2.17. The van der Waals surface area contributed by atoms with Crippen LogP contribution in [0.1, 0.15) is 16.7 Å². The molecule has 0 aliphatic carbocycles. The van der Waals surface area contributed by atoms with Crippen LogP contribution in [0.2, 0.25) is 0 Å². The average molecular weight is 397 g/mol. The zero-order valence-corrected chi connectivity index (χ0v) is 17.2. The van der Waals surface area contributed by atoms with Gasteiger partial charge >= 0.3 is 0 Å². The van der Waals surface area contributed by atoms with Gasteiger partial charge in [0.25, 0.3) is 0 Å². The molecule has 3 nitrogen and oxygen atoms in total. The van der Waals surface area contributed by atoms with Crippen LogP contribution in [0.15, 0.2) is 97.1 Å². The van der Waals surface area contributed by atoms with Crippen molar-refractivity contribution in [2.24, 2.45) is 0 Å². The molecule has 0 aromatic heterocycles. The molecule has 3 aromatic rings. The fraction of sp³-hybridized carbons (Fsp3) is 0.222. The third kappa shape index (κ3) is 5.46. The number of piperazine rings is 1. The van der Waals surface area contributed by atoms with Gasteiger partial charge in [-0.3, -0.25) is 4.79 Å². The number of nitrogens with one attached hydrogen (secondary N) is 1. The molecule has 1 aliphatic heterocycles. The van der Waals surface area contributed by atoms with E-state index in [1.54, 1.807) is 6.08 Å². The van der Waals surface area contributed by atoms with Crippen molar-refractivity contribution in [2.75, 3.05) is 13.1 Å². The van der Waals surface area contributed by atoms with Crippen molar-refractivity contribution >= 4 is 12.0 Å². The maximum atomic E-state index is 13.2. The van der Waals surface area contributed by atoms with Crippen LogP contribution in [0.3, 0.4) is 0 Å². The molecule has 3 aromatic carbocycles. The van der Waals surface area contributed by atoms with Crippen LogP contribution in [0.4, 0.5) is 0 Å². The normalized spacial score (nSPS) is 19.1. The first-order valence-corrected chi connectivity index (χ1v) is 10.6. The lowest BCUT2D eigenvalue weighted by Crippen LogP contribution is -2.59. The Kier molecular flexibility index (Phi) is 6.73. The van der Waals surface area contributed by atoms with E-state index in [1.165, 1.54) is 11.1 Å². The van der Waals surface area contributed by atoms with Crippen molar-refractivity contribution < 1.29 is 4.79 Å². The van der Waals surface area contributed by atoms with E-state index in [2.05, 4.69) is 58.7 Å². The van der Waals surface area contributed by atoms with E-state index in [9.17, 15) is 4.79 Å². The molecular formula is C27H28N2O. The van der Waals surface area contributed by atoms with Crippen LogP contribution in [-0.4, -0.2) is 36.0 Å². The maximum Gasteiger partial charge on any atom is 0.246 e. The molecule has 3 heteroatoms. The smallest absolute Gasteiger partial charge is 0.246 e. The van der Waals surface area contributed by atoms with E-state index in [0.29, 0.717) is 6.54 Å². The van der Waals surface area contributed by atoms with E-state index >= 15 is 0 Å². The molecule has 1 fully saturated rings. The average Bonchev–Trinajstić information content (AvgIpc) is 2.80. The third-order valence-corrected chi connectivity index (χ3v) is 5.64. The van der Waals surface area contributed by atoms with Gasteiger partial charge < -0.3 is 10.2 Å². The second kappa shape index (κ2) is 10.0.